The maximum Gasteiger partial charge on any atom is 0.271 e. The topological polar surface area (TPSA) is 131 Å². The molecular formula is C25H24N4O5S. The molecule has 180 valence electrons. The van der Waals surface area contributed by atoms with Crippen molar-refractivity contribution >= 4 is 28.9 Å². The van der Waals surface area contributed by atoms with Gasteiger partial charge in [0.15, 0.2) is 5.78 Å². The Morgan fingerprint density at radius 3 is 2.97 bits per heavy atom. The molecule has 3 heterocycles. The number of benzene rings is 1. The van der Waals surface area contributed by atoms with E-state index in [4.69, 9.17) is 4.74 Å². The number of ketones is 1. The van der Waals surface area contributed by atoms with Crippen molar-refractivity contribution in [1.82, 2.24) is 20.6 Å². The zero-order valence-electron chi connectivity index (χ0n) is 18.8. The Balaban J connectivity index is 1.37. The molecule has 1 aromatic carbocycles. The fourth-order valence-electron chi connectivity index (χ4n) is 4.70. The number of hydrogen-bond donors (Lipinski definition) is 3. The maximum atomic E-state index is 13.4. The number of amides is 2. The Kier molecular flexibility index (Phi) is 6.31. The van der Waals surface area contributed by atoms with Crippen molar-refractivity contribution in [2.24, 2.45) is 0 Å². The van der Waals surface area contributed by atoms with Crippen molar-refractivity contribution in [2.45, 2.75) is 43.4 Å². The Morgan fingerprint density at radius 1 is 1.29 bits per heavy atom. The van der Waals surface area contributed by atoms with Crippen LogP contribution in [0.2, 0.25) is 0 Å². The summed E-state index contributed by atoms with van der Waals surface area (Å²) in [5.41, 5.74) is 0.582. The van der Waals surface area contributed by atoms with E-state index >= 15 is 0 Å². The van der Waals surface area contributed by atoms with E-state index in [0.29, 0.717) is 23.4 Å². The summed E-state index contributed by atoms with van der Waals surface area (Å²) in [4.78, 5) is 47.7. The van der Waals surface area contributed by atoms with Crippen molar-refractivity contribution in [2.75, 3.05) is 6.61 Å². The van der Waals surface area contributed by atoms with Crippen LogP contribution in [-0.2, 0) is 20.7 Å². The van der Waals surface area contributed by atoms with Crippen LogP contribution in [0.3, 0.4) is 0 Å². The SMILES string of the molecule is O=C(NC(Cc1cccc(O)c1)C(=O)NC12CCCC1OCC2=O)c1csc(-c2cccnc2)n1. The zero-order valence-corrected chi connectivity index (χ0v) is 19.6. The van der Waals surface area contributed by atoms with Gasteiger partial charge < -0.3 is 20.5 Å². The number of aromatic hydroxyl groups is 1. The molecule has 2 amide bonds. The highest BCUT2D eigenvalue weighted by atomic mass is 32.1. The number of rotatable bonds is 7. The standard InChI is InChI=1S/C25H24N4O5S/c30-17-6-1-4-15(10-17)11-18(23(33)29-25-8-2-7-21(25)34-13-20(25)31)27-22(32)19-14-35-24(28-19)16-5-3-9-26-12-16/h1,3-6,9-10,12,14,18,21,30H,2,7-8,11,13H2,(H,27,32)(H,29,33). The zero-order chi connectivity index (χ0) is 24.4. The number of fused-ring (bicyclic) bond motifs is 1. The molecule has 1 aliphatic carbocycles. The first-order valence-corrected chi connectivity index (χ1v) is 12.2. The second-order valence-electron chi connectivity index (χ2n) is 8.76. The van der Waals surface area contributed by atoms with Gasteiger partial charge in [-0.05, 0) is 49.1 Å². The van der Waals surface area contributed by atoms with Crippen molar-refractivity contribution in [3.05, 3.63) is 65.4 Å². The molecule has 2 fully saturated rings. The third-order valence-electron chi connectivity index (χ3n) is 6.46. The summed E-state index contributed by atoms with van der Waals surface area (Å²) in [5, 5.41) is 17.8. The molecule has 10 heteroatoms. The van der Waals surface area contributed by atoms with E-state index < -0.39 is 23.4 Å². The number of thiazole rings is 1. The first-order chi connectivity index (χ1) is 16.9. The van der Waals surface area contributed by atoms with Crippen molar-refractivity contribution < 1.29 is 24.2 Å². The number of phenolic OH excluding ortho intramolecular Hbond substituents is 1. The molecule has 9 nitrogen and oxygen atoms in total. The Labute approximate surface area is 205 Å². The molecule has 5 rings (SSSR count). The van der Waals surface area contributed by atoms with Crippen molar-refractivity contribution in [3.63, 3.8) is 0 Å². The van der Waals surface area contributed by atoms with Crippen LogP contribution in [0.1, 0.15) is 35.3 Å². The third kappa shape index (κ3) is 4.67. The number of Topliss-reactive ketones (excluding diaryl/α,β-unsaturated/α-hetero) is 1. The van der Waals surface area contributed by atoms with Crippen LogP contribution in [-0.4, -0.2) is 57.0 Å². The van der Waals surface area contributed by atoms with Crippen LogP contribution in [0.15, 0.2) is 54.2 Å². The number of aromatic nitrogens is 2. The van der Waals surface area contributed by atoms with Gasteiger partial charge in [-0.25, -0.2) is 4.98 Å². The number of pyridine rings is 1. The molecule has 3 aromatic rings. The monoisotopic (exact) mass is 492 g/mol. The van der Waals surface area contributed by atoms with E-state index in [1.165, 1.54) is 23.5 Å². The first-order valence-electron chi connectivity index (χ1n) is 11.4. The van der Waals surface area contributed by atoms with Crippen LogP contribution in [0, 0.1) is 0 Å². The molecule has 1 saturated heterocycles. The van der Waals surface area contributed by atoms with Crippen LogP contribution in [0.5, 0.6) is 5.75 Å². The van der Waals surface area contributed by atoms with Gasteiger partial charge in [-0.3, -0.25) is 19.4 Å². The number of nitrogens with zero attached hydrogens (tertiary/aromatic N) is 2. The van der Waals surface area contributed by atoms with Crippen molar-refractivity contribution in [1.29, 1.82) is 0 Å². The lowest BCUT2D eigenvalue weighted by molar-refractivity contribution is -0.131. The lowest BCUT2D eigenvalue weighted by atomic mass is 9.91. The summed E-state index contributed by atoms with van der Waals surface area (Å²) in [6.45, 7) is -0.0233. The van der Waals surface area contributed by atoms with E-state index in [1.807, 2.05) is 6.07 Å². The summed E-state index contributed by atoms with van der Waals surface area (Å²) in [6, 6.07) is 9.15. The number of carbonyl (C=O) groups excluding carboxylic acids is 3. The van der Waals surface area contributed by atoms with Crippen LogP contribution >= 0.6 is 11.3 Å². The largest absolute Gasteiger partial charge is 0.508 e. The third-order valence-corrected chi connectivity index (χ3v) is 7.36. The number of nitrogens with one attached hydrogen (secondary N) is 2. The highest BCUT2D eigenvalue weighted by molar-refractivity contribution is 7.13. The predicted octanol–water partition coefficient (Wildman–Crippen LogP) is 2.26. The van der Waals surface area contributed by atoms with Gasteiger partial charge in [-0.15, -0.1) is 11.3 Å². The van der Waals surface area contributed by atoms with Crippen molar-refractivity contribution in [3.8, 4) is 16.3 Å². The number of phenols is 1. The molecule has 35 heavy (non-hydrogen) atoms. The Hall–Kier alpha value is -3.63. The van der Waals surface area contributed by atoms with Crippen LogP contribution < -0.4 is 10.6 Å². The predicted molar refractivity (Wildman–Crippen MR) is 128 cm³/mol. The average molecular weight is 493 g/mol. The number of carbonyl (C=O) groups is 3. The number of ether oxygens (including phenoxy) is 1. The Bertz CT molecular complexity index is 1260. The van der Waals surface area contributed by atoms with E-state index in [9.17, 15) is 19.5 Å². The molecule has 3 N–H and O–H groups in total. The molecule has 0 radical (unpaired) electrons. The fourth-order valence-corrected chi connectivity index (χ4v) is 5.49. The molecule has 3 unspecified atom stereocenters. The smallest absolute Gasteiger partial charge is 0.271 e. The van der Waals surface area contributed by atoms with Gasteiger partial charge in [0.1, 0.15) is 34.6 Å². The molecular weight excluding hydrogens is 468 g/mol. The minimum absolute atomic E-state index is 0.0233. The molecule has 2 aromatic heterocycles. The number of hydrogen-bond acceptors (Lipinski definition) is 8. The fraction of sp³-hybridized carbons (Fsp3) is 0.320. The summed E-state index contributed by atoms with van der Waals surface area (Å²) in [5.74, 6) is -1.07. The highest BCUT2D eigenvalue weighted by Gasteiger charge is 2.55. The normalized spacial score (nSPS) is 21.9. The molecule has 1 aliphatic heterocycles. The summed E-state index contributed by atoms with van der Waals surface area (Å²) in [6.07, 6.45) is 5.08. The minimum Gasteiger partial charge on any atom is -0.508 e. The molecule has 0 spiro atoms. The molecule has 1 saturated carbocycles. The quantitative estimate of drug-likeness (QED) is 0.461. The van der Waals surface area contributed by atoms with E-state index in [0.717, 1.165) is 12.0 Å². The van der Waals surface area contributed by atoms with E-state index in [2.05, 4.69) is 20.6 Å². The minimum atomic E-state index is -1.05. The lowest BCUT2D eigenvalue weighted by Gasteiger charge is -2.30. The highest BCUT2D eigenvalue weighted by Crippen LogP contribution is 2.38. The average Bonchev–Trinajstić information content (AvgIpc) is 3.57. The lowest BCUT2D eigenvalue weighted by Crippen LogP contribution is -2.60. The summed E-state index contributed by atoms with van der Waals surface area (Å²) in [7, 11) is 0. The maximum absolute atomic E-state index is 13.4. The second-order valence-corrected chi connectivity index (χ2v) is 9.61. The summed E-state index contributed by atoms with van der Waals surface area (Å²) < 4.78 is 5.60. The molecule has 0 bridgehead atoms. The second kappa shape index (κ2) is 9.55. The summed E-state index contributed by atoms with van der Waals surface area (Å²) >= 11 is 1.30. The van der Waals surface area contributed by atoms with Gasteiger partial charge in [-0.1, -0.05) is 12.1 Å². The van der Waals surface area contributed by atoms with Gasteiger partial charge in [0.25, 0.3) is 5.91 Å². The van der Waals surface area contributed by atoms with E-state index in [1.54, 1.807) is 36.0 Å². The van der Waals surface area contributed by atoms with Gasteiger partial charge in [0.2, 0.25) is 5.91 Å². The van der Waals surface area contributed by atoms with Gasteiger partial charge in [0.05, 0.1) is 6.10 Å². The molecule has 2 aliphatic rings. The van der Waals surface area contributed by atoms with Gasteiger partial charge >= 0.3 is 0 Å². The first kappa shape index (κ1) is 23.1. The van der Waals surface area contributed by atoms with Crippen LogP contribution in [0.25, 0.3) is 10.6 Å². The van der Waals surface area contributed by atoms with Crippen LogP contribution in [0.4, 0.5) is 0 Å². The molecule has 3 atom stereocenters. The Morgan fingerprint density at radius 2 is 2.17 bits per heavy atom. The van der Waals surface area contributed by atoms with E-state index in [-0.39, 0.29) is 36.4 Å². The van der Waals surface area contributed by atoms with Gasteiger partial charge in [0, 0.05) is 29.8 Å². The van der Waals surface area contributed by atoms with Gasteiger partial charge in [-0.2, -0.15) is 0 Å².